The molecule has 8 heteroatoms. The summed E-state index contributed by atoms with van der Waals surface area (Å²) in [6.07, 6.45) is 2.44. The number of aromatic nitrogens is 1. The number of nitrogens with zero attached hydrogens (tertiary/aromatic N) is 1. The summed E-state index contributed by atoms with van der Waals surface area (Å²) in [7, 11) is -2.67. The lowest BCUT2D eigenvalue weighted by atomic mass is 9.98. The van der Waals surface area contributed by atoms with Crippen molar-refractivity contribution in [2.24, 2.45) is 0 Å². The first-order valence-electron chi connectivity index (χ1n) is 8.21. The van der Waals surface area contributed by atoms with Crippen LogP contribution in [0.4, 0.5) is 4.39 Å². The summed E-state index contributed by atoms with van der Waals surface area (Å²) >= 11 is 6.35. The highest BCUT2D eigenvalue weighted by Crippen LogP contribution is 2.27. The Balaban J connectivity index is 1.89. The molecule has 0 aliphatic carbocycles. The number of nitrogens with one attached hydrogen (secondary N) is 1. The van der Waals surface area contributed by atoms with E-state index in [0.29, 0.717) is 24.0 Å². The van der Waals surface area contributed by atoms with E-state index in [4.69, 9.17) is 11.6 Å². The van der Waals surface area contributed by atoms with Gasteiger partial charge in [-0.2, -0.15) is 0 Å². The van der Waals surface area contributed by atoms with Crippen LogP contribution in [0.25, 0.3) is 10.9 Å². The second-order valence-electron chi connectivity index (χ2n) is 5.94. The minimum atomic E-state index is -2.67. The lowest BCUT2D eigenvalue weighted by Gasteiger charge is -2.10. The molecule has 5 nitrogen and oxygen atoms in total. The van der Waals surface area contributed by atoms with Gasteiger partial charge in [-0.3, -0.25) is 9.78 Å². The van der Waals surface area contributed by atoms with E-state index in [1.807, 2.05) is 6.07 Å². The van der Waals surface area contributed by atoms with E-state index in [1.165, 1.54) is 6.07 Å². The van der Waals surface area contributed by atoms with Gasteiger partial charge in [0.15, 0.2) is 5.78 Å². The third kappa shape index (κ3) is 4.68. The minimum Gasteiger partial charge on any atom is -0.289 e. The number of benzene rings is 2. The maximum Gasteiger partial charge on any atom is 0.201 e. The second-order valence-corrected chi connectivity index (χ2v) is 7.14. The standard InChI is InChI=1S/C19H16ClFN2O3S/c20-18-13(4-2-8-23-27(25)26)10-15(21)11-16(18)19(24)14-5-6-17-12(9-14)3-1-7-22-17/h1,3,5-7,9-11,27H,2,4,8H2,(H,23,25,26). The molecule has 1 N–H and O–H groups in total. The van der Waals surface area contributed by atoms with Gasteiger partial charge in [-0.25, -0.2) is 17.5 Å². The van der Waals surface area contributed by atoms with E-state index in [0.717, 1.165) is 17.0 Å². The molecule has 2 aromatic carbocycles. The van der Waals surface area contributed by atoms with Crippen molar-refractivity contribution in [3.05, 3.63) is 76.2 Å². The summed E-state index contributed by atoms with van der Waals surface area (Å²) in [5.41, 5.74) is 1.69. The van der Waals surface area contributed by atoms with Crippen molar-refractivity contribution in [2.45, 2.75) is 12.8 Å². The summed E-state index contributed by atoms with van der Waals surface area (Å²) in [6.45, 7) is 0.215. The molecule has 0 aliphatic heterocycles. The van der Waals surface area contributed by atoms with Crippen LogP contribution in [0, 0.1) is 5.82 Å². The summed E-state index contributed by atoms with van der Waals surface area (Å²) in [4.78, 5) is 17.1. The van der Waals surface area contributed by atoms with E-state index < -0.39 is 16.7 Å². The van der Waals surface area contributed by atoms with Crippen LogP contribution in [0.1, 0.15) is 27.9 Å². The number of ketones is 1. The second kappa shape index (κ2) is 8.56. The van der Waals surface area contributed by atoms with Crippen molar-refractivity contribution in [1.29, 1.82) is 0 Å². The SMILES string of the molecule is O=C(c1ccc2ncccc2c1)c1cc(F)cc(CCCN[SH](=O)=O)c1Cl. The number of aryl methyl sites for hydroxylation is 1. The van der Waals surface area contributed by atoms with Gasteiger partial charge < -0.3 is 0 Å². The Morgan fingerprint density at radius 1 is 1.19 bits per heavy atom. The van der Waals surface area contributed by atoms with E-state index in [-0.39, 0.29) is 22.9 Å². The highest BCUT2D eigenvalue weighted by atomic mass is 35.5. The predicted octanol–water partition coefficient (Wildman–Crippen LogP) is 3.31. The molecule has 0 fully saturated rings. The van der Waals surface area contributed by atoms with Crippen LogP contribution in [-0.4, -0.2) is 25.7 Å². The lowest BCUT2D eigenvalue weighted by molar-refractivity contribution is 0.103. The average molecular weight is 407 g/mol. The minimum absolute atomic E-state index is 0.0813. The van der Waals surface area contributed by atoms with Crippen LogP contribution in [0.2, 0.25) is 5.02 Å². The van der Waals surface area contributed by atoms with Gasteiger partial charge in [-0.1, -0.05) is 17.7 Å². The number of fused-ring (bicyclic) bond motifs is 1. The van der Waals surface area contributed by atoms with E-state index in [9.17, 15) is 17.6 Å². The number of halogens is 2. The zero-order valence-corrected chi connectivity index (χ0v) is 15.8. The van der Waals surface area contributed by atoms with E-state index in [2.05, 4.69) is 9.71 Å². The molecule has 0 spiro atoms. The first-order chi connectivity index (χ1) is 13.0. The highest BCUT2D eigenvalue weighted by molar-refractivity contribution is 7.70. The Bertz CT molecular complexity index is 1080. The molecule has 0 saturated heterocycles. The third-order valence-electron chi connectivity index (χ3n) is 4.09. The van der Waals surface area contributed by atoms with Crippen molar-refractivity contribution in [1.82, 2.24) is 9.71 Å². The van der Waals surface area contributed by atoms with Gasteiger partial charge in [-0.05, 0) is 54.8 Å². The number of carbonyl (C=O) groups is 1. The van der Waals surface area contributed by atoms with Crippen molar-refractivity contribution in [2.75, 3.05) is 6.54 Å². The zero-order valence-electron chi connectivity index (χ0n) is 14.1. The molecule has 0 atom stereocenters. The molecule has 140 valence electrons. The smallest absolute Gasteiger partial charge is 0.201 e. The number of hydrogen-bond acceptors (Lipinski definition) is 4. The van der Waals surface area contributed by atoms with Gasteiger partial charge in [0.05, 0.1) is 10.5 Å². The van der Waals surface area contributed by atoms with Gasteiger partial charge in [0, 0.05) is 29.3 Å². The van der Waals surface area contributed by atoms with Gasteiger partial charge >= 0.3 is 0 Å². The molecular weight excluding hydrogens is 391 g/mol. The number of thiol groups is 1. The van der Waals surface area contributed by atoms with Crippen LogP contribution in [0.3, 0.4) is 0 Å². The average Bonchev–Trinajstić information content (AvgIpc) is 2.66. The first kappa shape index (κ1) is 19.4. The fraction of sp³-hybridized carbons (Fsp3) is 0.158. The first-order valence-corrected chi connectivity index (χ1v) is 9.76. The maximum atomic E-state index is 14.0. The third-order valence-corrected chi connectivity index (χ3v) is 5.01. The van der Waals surface area contributed by atoms with Crippen LogP contribution in [-0.2, 0) is 17.3 Å². The van der Waals surface area contributed by atoms with Crippen molar-refractivity contribution < 1.29 is 17.6 Å². The quantitative estimate of drug-likeness (QED) is 0.358. The number of pyridine rings is 1. The lowest BCUT2D eigenvalue weighted by Crippen LogP contribution is -2.13. The summed E-state index contributed by atoms with van der Waals surface area (Å²) in [5.74, 6) is -0.949. The molecular formula is C19H16ClFN2O3S. The van der Waals surface area contributed by atoms with Crippen LogP contribution < -0.4 is 4.72 Å². The van der Waals surface area contributed by atoms with Crippen molar-refractivity contribution in [3.63, 3.8) is 0 Å². The Kier molecular flexibility index (Phi) is 6.15. The molecule has 1 heterocycles. The van der Waals surface area contributed by atoms with Crippen molar-refractivity contribution in [3.8, 4) is 0 Å². The molecule has 27 heavy (non-hydrogen) atoms. The Labute approximate surface area is 162 Å². The summed E-state index contributed by atoms with van der Waals surface area (Å²) in [5, 5.41) is 0.980. The van der Waals surface area contributed by atoms with Gasteiger partial charge in [-0.15, -0.1) is 0 Å². The molecule has 0 unspecified atom stereocenters. The summed E-state index contributed by atoms with van der Waals surface area (Å²) in [6, 6.07) is 11.0. The Hall–Kier alpha value is -2.35. The topological polar surface area (TPSA) is 76.1 Å². The van der Waals surface area contributed by atoms with Gasteiger partial charge in [0.2, 0.25) is 10.9 Å². The zero-order chi connectivity index (χ0) is 19.4. The molecule has 0 amide bonds. The molecule has 1 aromatic heterocycles. The summed E-state index contributed by atoms with van der Waals surface area (Å²) < 4.78 is 37.3. The number of carbonyl (C=O) groups excluding carboxylic acids is 1. The van der Waals surface area contributed by atoms with E-state index in [1.54, 1.807) is 30.5 Å². The monoisotopic (exact) mass is 406 g/mol. The van der Waals surface area contributed by atoms with Crippen LogP contribution >= 0.6 is 11.6 Å². The van der Waals surface area contributed by atoms with Crippen molar-refractivity contribution >= 4 is 39.2 Å². The molecule has 0 radical (unpaired) electrons. The number of rotatable bonds is 7. The maximum absolute atomic E-state index is 14.0. The fourth-order valence-electron chi connectivity index (χ4n) is 2.81. The highest BCUT2D eigenvalue weighted by Gasteiger charge is 2.18. The molecule has 0 bridgehead atoms. The van der Waals surface area contributed by atoms with Gasteiger partial charge in [0.1, 0.15) is 5.82 Å². The van der Waals surface area contributed by atoms with Crippen LogP contribution in [0.5, 0.6) is 0 Å². The molecule has 3 rings (SSSR count). The van der Waals surface area contributed by atoms with E-state index >= 15 is 0 Å². The predicted molar refractivity (Wildman–Crippen MR) is 103 cm³/mol. The van der Waals surface area contributed by atoms with Crippen LogP contribution in [0.15, 0.2) is 48.7 Å². The van der Waals surface area contributed by atoms with Gasteiger partial charge in [0.25, 0.3) is 0 Å². The molecule has 0 saturated carbocycles. The molecule has 0 aliphatic rings. The molecule has 3 aromatic rings. The Morgan fingerprint density at radius 2 is 2.00 bits per heavy atom. The Morgan fingerprint density at radius 3 is 2.78 bits per heavy atom. The largest absolute Gasteiger partial charge is 0.289 e. The normalized spacial score (nSPS) is 11.2. The number of hydrogen-bond donors (Lipinski definition) is 2. The fourth-order valence-corrected chi connectivity index (χ4v) is 3.44.